The van der Waals surface area contributed by atoms with Gasteiger partial charge >= 0.3 is 0 Å². The molecule has 40 heteroatoms. The highest BCUT2D eigenvalue weighted by molar-refractivity contribution is 5.40. The molecule has 0 aliphatic rings. The maximum absolute atomic E-state index is 5.56. The number of aromatic nitrogens is 24. The molecule has 0 fully saturated rings. The van der Waals surface area contributed by atoms with E-state index in [1.165, 1.54) is 25.7 Å². The second-order valence-electron chi connectivity index (χ2n) is 25.1. The molecule has 0 aromatic carbocycles. The fourth-order valence-corrected chi connectivity index (χ4v) is 8.41. The van der Waals surface area contributed by atoms with Gasteiger partial charge in [-0.15, -0.1) is 0 Å². The molecule has 0 bridgehead atoms. The summed E-state index contributed by atoms with van der Waals surface area (Å²) >= 11 is 0. The van der Waals surface area contributed by atoms with Crippen LogP contribution in [0.5, 0.6) is 0 Å². The zero-order valence-electron chi connectivity index (χ0n) is 71.7. The van der Waals surface area contributed by atoms with Gasteiger partial charge in [0.2, 0.25) is 95.2 Å². The smallest absolute Gasteiger partial charge is 0.230 e. The van der Waals surface area contributed by atoms with Gasteiger partial charge in [0.25, 0.3) is 0 Å². The van der Waals surface area contributed by atoms with Crippen LogP contribution < -0.4 is 83.8 Å². The van der Waals surface area contributed by atoms with E-state index in [1.54, 1.807) is 28.2 Å². The summed E-state index contributed by atoms with van der Waals surface area (Å²) in [4.78, 5) is 107. The van der Waals surface area contributed by atoms with E-state index >= 15 is 0 Å². The van der Waals surface area contributed by atoms with Gasteiger partial charge in [0.05, 0.1) is 0 Å². The third-order valence-electron chi connectivity index (χ3n) is 13.9. The Balaban J connectivity index is 0.000000635. The van der Waals surface area contributed by atoms with Gasteiger partial charge in [-0.25, -0.2) is 0 Å². The van der Waals surface area contributed by atoms with E-state index in [1.807, 2.05) is 138 Å². The molecule has 618 valence electrons. The second-order valence-corrected chi connectivity index (χ2v) is 25.1. The first kappa shape index (κ1) is 97.9. The van der Waals surface area contributed by atoms with Gasteiger partial charge in [-0.05, 0) is 108 Å². The molecule has 40 nitrogen and oxygen atoms in total. The third kappa shape index (κ3) is 44.8. The molecule has 0 aliphatic heterocycles. The molecule has 0 radical (unpaired) electrons. The topological polar surface area (TPSA) is 481 Å². The van der Waals surface area contributed by atoms with Crippen LogP contribution in [0.4, 0.5) is 95.2 Å². The van der Waals surface area contributed by atoms with Crippen molar-refractivity contribution in [1.82, 2.24) is 120 Å². The van der Waals surface area contributed by atoms with Crippen LogP contribution in [-0.2, 0) is 0 Å². The largest absolute Gasteiger partial charge is 0.368 e. The summed E-state index contributed by atoms with van der Waals surface area (Å²) in [6.45, 7) is 38.8. The summed E-state index contributed by atoms with van der Waals surface area (Å²) in [7, 11) is 20.6. The third-order valence-corrected chi connectivity index (χ3v) is 13.9. The minimum absolute atomic E-state index is 0.292. The summed E-state index contributed by atoms with van der Waals surface area (Å²) in [6.07, 6.45) is 13.9. The molecule has 0 saturated carbocycles. The standard InChI is InChI=1S/3C10H19N5.2C9H17N5.2C8H15N5.C7H13N5/c1-5-6-7-11-9-12-8(2)13-10(14-9)15(3)4;1-4-5-6-7-15(3)10-13-8(2)12-9(11)14-10;1-4-5-6-7-12-10-14-8(2)13-9(11-3)15-10;1-5-6-10-8-11-7(2)12-9(13-8)14(3)4;1-4-5-6-11-9-13-7(2)12-8(10-3)14-9;1-5-9-7-10-6(2)11-8(12-7)13(3)4;1-4-5-10-8-12-6(2)11-7(9-3)13-8;1-4-9-7-11-5(2)10-6(8-3)12-7/h5-7H2,1-4H3,(H,11,12,13,14);4-7H2,1-3H3,(H2,11,12,13,14);4-7H2,1-3H3,(H2,11,12,13,14,15);5-6H2,1-4H3,(H,10,11,12,13);4-6H2,1-3H3,(H2,10,11,12,13,14);5H2,1-4H3,(H,9,10,11,12);4-5H2,1-3H3,(H2,9,10,11,12,13);4H2,1-3H3,(H2,8,9,10,11,12). The van der Waals surface area contributed by atoms with Crippen molar-refractivity contribution in [2.24, 2.45) is 0 Å². The first-order valence-electron chi connectivity index (χ1n) is 38.2. The average Bonchev–Trinajstić information content (AvgIpc) is 0.867. The molecule has 8 rings (SSSR count). The molecule has 0 amide bonds. The minimum Gasteiger partial charge on any atom is -0.368 e. The van der Waals surface area contributed by atoms with E-state index in [9.17, 15) is 0 Å². The van der Waals surface area contributed by atoms with E-state index in [0.717, 1.165) is 139 Å². The van der Waals surface area contributed by atoms with E-state index < -0.39 is 0 Å². The number of hydrogen-bond donors (Lipinski definition) is 12. The van der Waals surface area contributed by atoms with Crippen molar-refractivity contribution >= 4 is 95.2 Å². The summed E-state index contributed by atoms with van der Waals surface area (Å²) in [5, 5.41) is 33.4. The number of unbranched alkanes of at least 4 members (excludes halogenated alkanes) is 6. The van der Waals surface area contributed by atoms with Gasteiger partial charge < -0.3 is 83.8 Å². The van der Waals surface area contributed by atoms with Gasteiger partial charge in [0, 0.05) is 130 Å². The van der Waals surface area contributed by atoms with Crippen molar-refractivity contribution in [3.63, 3.8) is 0 Å². The Bertz CT molecular complexity index is 3750. The summed E-state index contributed by atoms with van der Waals surface area (Å²) in [5.41, 5.74) is 5.56. The predicted molar refractivity (Wildman–Crippen MR) is 456 cm³/mol. The maximum atomic E-state index is 5.56. The molecule has 8 aromatic heterocycles. The van der Waals surface area contributed by atoms with E-state index in [2.05, 4.69) is 220 Å². The lowest BCUT2D eigenvalue weighted by atomic mass is 10.2. The van der Waals surface area contributed by atoms with Crippen LogP contribution in [0.1, 0.15) is 179 Å². The van der Waals surface area contributed by atoms with Gasteiger partial charge in [-0.1, -0.05) is 80.1 Å². The Morgan fingerprint density at radius 1 is 0.234 bits per heavy atom. The van der Waals surface area contributed by atoms with Crippen molar-refractivity contribution in [2.75, 3.05) is 214 Å². The maximum Gasteiger partial charge on any atom is 0.230 e. The Kier molecular flexibility index (Phi) is 51.1. The van der Waals surface area contributed by atoms with E-state index in [0.29, 0.717) is 107 Å². The van der Waals surface area contributed by atoms with Gasteiger partial charge in [-0.3, -0.25) is 0 Å². The molecule has 111 heavy (non-hydrogen) atoms. The molecule has 0 atom stereocenters. The van der Waals surface area contributed by atoms with Crippen molar-refractivity contribution in [3.8, 4) is 0 Å². The molecular formula is C71H134N40. The monoisotopic (exact) mass is 1550 g/mol. The number of nitrogen functional groups attached to an aromatic ring is 1. The highest BCUT2D eigenvalue weighted by atomic mass is 15.3. The molecule has 0 saturated heterocycles. The molecule has 8 aromatic rings. The molecule has 0 aliphatic carbocycles. The Labute approximate surface area is 660 Å². The van der Waals surface area contributed by atoms with Crippen molar-refractivity contribution in [3.05, 3.63) is 46.6 Å². The number of aryl methyl sites for hydroxylation is 8. The van der Waals surface area contributed by atoms with E-state index in [4.69, 9.17) is 5.73 Å². The summed E-state index contributed by atoms with van der Waals surface area (Å²) < 4.78 is 0. The predicted octanol–water partition coefficient (Wildman–Crippen LogP) is 9.55. The average molecular weight is 1550 g/mol. The molecular weight excluding hydrogens is 1410 g/mol. The quantitative estimate of drug-likeness (QED) is 0.0164. The van der Waals surface area contributed by atoms with Crippen molar-refractivity contribution in [2.45, 2.75) is 188 Å². The molecule has 8 heterocycles. The molecule has 0 spiro atoms. The van der Waals surface area contributed by atoms with Gasteiger partial charge in [0.1, 0.15) is 46.6 Å². The number of anilines is 16. The Morgan fingerprint density at radius 2 is 0.477 bits per heavy atom. The minimum atomic E-state index is 0.292. The second kappa shape index (κ2) is 57.9. The summed E-state index contributed by atoms with van der Waals surface area (Å²) in [5.74, 6) is 15.7. The molecule has 13 N–H and O–H groups in total. The Morgan fingerprint density at radius 3 is 0.757 bits per heavy atom. The SMILES string of the molecule is CCCCCN(C)c1nc(C)nc(N)n1.CCCCCNc1nc(C)nc(NC)n1.CCCCNc1nc(C)nc(N(C)C)n1.CCCCNc1nc(C)nc(NC)n1.CCCNc1nc(C)nc(N(C)C)n1.CCCNc1nc(C)nc(NC)n1.CCNc1nc(C)nc(N(C)C)n1.CCNc1nc(C)nc(NC)n1. The lowest BCUT2D eigenvalue weighted by Crippen LogP contribution is -2.22. The zero-order chi connectivity index (χ0) is 83.1. The van der Waals surface area contributed by atoms with Crippen LogP contribution in [0.15, 0.2) is 0 Å². The normalized spacial score (nSPS) is 9.97. The summed E-state index contributed by atoms with van der Waals surface area (Å²) in [6, 6.07) is 0. The first-order chi connectivity index (χ1) is 53.1. The Hall–Kier alpha value is -11.1. The van der Waals surface area contributed by atoms with Crippen molar-refractivity contribution in [1.29, 1.82) is 0 Å². The fourth-order valence-electron chi connectivity index (χ4n) is 8.41. The fraction of sp³-hybridized carbons (Fsp3) is 0.662. The van der Waals surface area contributed by atoms with E-state index in [-0.39, 0.29) is 0 Å². The van der Waals surface area contributed by atoms with Crippen LogP contribution in [0.2, 0.25) is 0 Å². The highest BCUT2D eigenvalue weighted by Gasteiger charge is 2.11. The van der Waals surface area contributed by atoms with Crippen LogP contribution in [0, 0.1) is 55.4 Å². The number of rotatable bonds is 35. The number of nitrogens with one attached hydrogen (secondary N) is 11. The van der Waals surface area contributed by atoms with Gasteiger partial charge in [-0.2, -0.15) is 120 Å². The number of nitrogens with zero attached hydrogens (tertiary/aromatic N) is 28. The van der Waals surface area contributed by atoms with Crippen LogP contribution >= 0.6 is 0 Å². The first-order valence-corrected chi connectivity index (χ1v) is 38.2. The molecule has 0 unspecified atom stereocenters. The van der Waals surface area contributed by atoms with Gasteiger partial charge in [0.15, 0.2) is 0 Å². The lowest BCUT2D eigenvalue weighted by molar-refractivity contribution is 0.694. The highest BCUT2D eigenvalue weighted by Crippen LogP contribution is 2.14. The van der Waals surface area contributed by atoms with Crippen LogP contribution in [0.3, 0.4) is 0 Å². The zero-order valence-corrected chi connectivity index (χ0v) is 71.7. The van der Waals surface area contributed by atoms with Crippen molar-refractivity contribution < 1.29 is 0 Å². The lowest BCUT2D eigenvalue weighted by Gasteiger charge is -2.16. The van der Waals surface area contributed by atoms with Crippen LogP contribution in [0.25, 0.3) is 0 Å². The number of hydrogen-bond acceptors (Lipinski definition) is 40. The number of nitrogens with two attached hydrogens (primary N) is 1. The van der Waals surface area contributed by atoms with Crippen LogP contribution in [-0.4, -0.2) is 249 Å².